The maximum Gasteiger partial charge on any atom is 0.0553 e. The molecule has 0 spiro atoms. The molecule has 0 radical (unpaired) electrons. The molecule has 3 atom stereocenters. The maximum absolute atomic E-state index is 11.3. The molecule has 1 N–H and O–H groups in total. The molecular formula is C20H29NOTi. The largest absolute Gasteiger partial charge is 0.667 e. The maximum atomic E-state index is 11.3. The number of allylic oxidation sites excluding steroid dienone is 4. The molecular weight excluding hydrogens is 318 g/mol. The molecule has 0 saturated heterocycles. The minimum Gasteiger partial charge on any atom is -0.667 e. The molecule has 4 fully saturated rings. The van der Waals surface area contributed by atoms with E-state index in [1.54, 1.807) is 20.0 Å². The SMILES string of the molecule is CC1=[C-]C(C)C(C)=C1C.[CH2]=[Ti+2].[NH-]C(=O)C12CC3CC(CC1C3)C2. The van der Waals surface area contributed by atoms with Crippen molar-refractivity contribution in [2.45, 2.75) is 59.8 Å². The van der Waals surface area contributed by atoms with Crippen LogP contribution in [0.3, 0.4) is 0 Å². The van der Waals surface area contributed by atoms with E-state index in [1.807, 2.05) is 0 Å². The van der Waals surface area contributed by atoms with Gasteiger partial charge in [-0.3, -0.25) is 6.08 Å². The Kier molecular flexibility index (Phi) is 5.90. The first-order chi connectivity index (χ1) is 10.8. The van der Waals surface area contributed by atoms with E-state index >= 15 is 0 Å². The Bertz CT molecular complexity index is 534. The van der Waals surface area contributed by atoms with Crippen molar-refractivity contribution in [1.29, 1.82) is 0 Å². The summed E-state index contributed by atoms with van der Waals surface area (Å²) in [7, 11) is 0. The van der Waals surface area contributed by atoms with E-state index in [0.717, 1.165) is 24.7 Å². The molecule has 5 aliphatic carbocycles. The van der Waals surface area contributed by atoms with Crippen molar-refractivity contribution >= 4 is 10.7 Å². The van der Waals surface area contributed by atoms with Crippen LogP contribution < -0.4 is 0 Å². The van der Waals surface area contributed by atoms with Crippen molar-refractivity contribution in [1.82, 2.24) is 0 Å². The van der Waals surface area contributed by atoms with Gasteiger partial charge in [-0.05, 0) is 49.9 Å². The summed E-state index contributed by atoms with van der Waals surface area (Å²) in [4.78, 5) is 14.5. The third-order valence-corrected chi connectivity index (χ3v) is 6.68. The Morgan fingerprint density at radius 2 is 1.70 bits per heavy atom. The van der Waals surface area contributed by atoms with Crippen LogP contribution in [0.2, 0.25) is 0 Å². The van der Waals surface area contributed by atoms with Crippen LogP contribution in [0.4, 0.5) is 0 Å². The van der Waals surface area contributed by atoms with Gasteiger partial charge < -0.3 is 10.5 Å². The van der Waals surface area contributed by atoms with Crippen LogP contribution in [0.1, 0.15) is 59.8 Å². The molecule has 0 heterocycles. The summed E-state index contributed by atoms with van der Waals surface area (Å²) < 4.78 is 0. The van der Waals surface area contributed by atoms with E-state index < -0.39 is 0 Å². The second-order valence-corrected chi connectivity index (χ2v) is 7.83. The average Bonchev–Trinajstić information content (AvgIpc) is 3.02. The molecule has 0 aromatic rings. The molecule has 1 amide bonds. The predicted octanol–water partition coefficient (Wildman–Crippen LogP) is 5.08. The van der Waals surface area contributed by atoms with Gasteiger partial charge in [0.1, 0.15) is 0 Å². The van der Waals surface area contributed by atoms with Gasteiger partial charge in [0.15, 0.2) is 0 Å². The van der Waals surface area contributed by atoms with Gasteiger partial charge in [0.2, 0.25) is 0 Å². The Morgan fingerprint density at radius 3 is 1.96 bits per heavy atom. The van der Waals surface area contributed by atoms with Gasteiger partial charge >= 0.3 is 24.8 Å². The van der Waals surface area contributed by atoms with Crippen LogP contribution >= 0.6 is 0 Å². The van der Waals surface area contributed by atoms with Gasteiger partial charge in [-0.1, -0.05) is 26.7 Å². The first-order valence-corrected chi connectivity index (χ1v) is 9.83. The van der Waals surface area contributed by atoms with Gasteiger partial charge in [0, 0.05) is 5.41 Å². The van der Waals surface area contributed by atoms with Gasteiger partial charge in [-0.15, -0.1) is 6.92 Å². The summed E-state index contributed by atoms with van der Waals surface area (Å²) in [6.45, 7) is 8.67. The zero-order chi connectivity index (χ0) is 17.4. The Hall–Kier alpha value is -0.466. The molecule has 3 unspecified atom stereocenters. The minimum atomic E-state index is -0.253. The molecule has 4 bridgehead atoms. The second-order valence-electron chi connectivity index (χ2n) is 7.83. The molecule has 5 rings (SSSR count). The van der Waals surface area contributed by atoms with Gasteiger partial charge in [0.05, 0.1) is 5.91 Å². The molecule has 124 valence electrons. The smallest absolute Gasteiger partial charge is 0.0553 e. The first-order valence-electron chi connectivity index (χ1n) is 8.72. The number of nitrogens with one attached hydrogen (secondary N) is 1. The van der Waals surface area contributed by atoms with Crippen molar-refractivity contribution in [3.63, 3.8) is 0 Å². The molecule has 2 nitrogen and oxygen atoms in total. The van der Waals surface area contributed by atoms with Gasteiger partial charge in [-0.2, -0.15) is 11.1 Å². The van der Waals surface area contributed by atoms with E-state index in [1.165, 1.54) is 36.0 Å². The summed E-state index contributed by atoms with van der Waals surface area (Å²) in [5.41, 5.74) is 11.5. The van der Waals surface area contributed by atoms with Crippen LogP contribution in [0, 0.1) is 35.2 Å². The molecule has 3 heteroatoms. The molecule has 4 saturated carbocycles. The van der Waals surface area contributed by atoms with Crippen molar-refractivity contribution in [2.75, 3.05) is 0 Å². The summed E-state index contributed by atoms with van der Waals surface area (Å²) in [5.74, 6) is 2.52. The molecule has 5 aliphatic rings. The normalized spacial score (nSPS) is 39.5. The summed E-state index contributed by atoms with van der Waals surface area (Å²) >= 11 is 1.75. The molecule has 23 heavy (non-hydrogen) atoms. The zero-order valence-corrected chi connectivity index (χ0v) is 16.5. The van der Waals surface area contributed by atoms with Crippen molar-refractivity contribution < 1.29 is 24.8 Å². The first kappa shape index (κ1) is 18.9. The standard InChI is InChI=1S/C10H15NO.C9H13.CH2.Ti/c11-9(12)10-4-6-1-7(5-10)3-8(10)2-6;1-6-5-7(2)9(4)8(6)3;;/h6-8H,1-5H2,(H2,11,12);6H,1-4H3;1H2;/q;-1;;+2/p-1. The number of hydrogen-bond donors (Lipinski definition) is 0. The fourth-order valence-electron chi connectivity index (χ4n) is 5.33. The fourth-order valence-corrected chi connectivity index (χ4v) is 5.33. The minimum absolute atomic E-state index is 0.145. The number of carbonyl (C=O) groups is 1. The third kappa shape index (κ3) is 3.35. The molecule has 0 aliphatic heterocycles. The van der Waals surface area contributed by atoms with Crippen molar-refractivity contribution in [2.24, 2.45) is 29.1 Å². The topological polar surface area (TPSA) is 40.9 Å². The molecule has 0 aromatic heterocycles. The van der Waals surface area contributed by atoms with Crippen LogP contribution in [0.25, 0.3) is 5.73 Å². The average molecular weight is 347 g/mol. The van der Waals surface area contributed by atoms with E-state index in [-0.39, 0.29) is 11.3 Å². The monoisotopic (exact) mass is 347 g/mol. The zero-order valence-electron chi connectivity index (χ0n) is 15.0. The second kappa shape index (κ2) is 7.19. The fraction of sp³-hybridized carbons (Fsp3) is 0.700. The predicted molar refractivity (Wildman–Crippen MR) is 92.4 cm³/mol. The Balaban J connectivity index is 0.000000157. The summed E-state index contributed by atoms with van der Waals surface area (Å²) in [6.07, 6.45) is 9.32. The quantitative estimate of drug-likeness (QED) is 0.482. The van der Waals surface area contributed by atoms with Crippen molar-refractivity contribution in [3.8, 4) is 0 Å². The number of rotatable bonds is 1. The van der Waals surface area contributed by atoms with E-state index in [4.69, 9.17) is 5.73 Å². The summed E-state index contributed by atoms with van der Waals surface area (Å²) in [6, 6.07) is 0. The third-order valence-electron chi connectivity index (χ3n) is 6.68. The number of hydrogen-bond acceptors (Lipinski definition) is 1. The van der Waals surface area contributed by atoms with Crippen molar-refractivity contribution in [3.05, 3.63) is 28.5 Å². The Morgan fingerprint density at radius 1 is 1.17 bits per heavy atom. The van der Waals surface area contributed by atoms with E-state index in [9.17, 15) is 4.79 Å². The molecule has 0 aromatic carbocycles. The van der Waals surface area contributed by atoms with Gasteiger partial charge in [0.25, 0.3) is 0 Å². The van der Waals surface area contributed by atoms with Crippen LogP contribution in [0.15, 0.2) is 16.7 Å². The van der Waals surface area contributed by atoms with E-state index in [2.05, 4.69) is 38.6 Å². The van der Waals surface area contributed by atoms with Crippen LogP contribution in [0.5, 0.6) is 0 Å². The van der Waals surface area contributed by atoms with Gasteiger partial charge in [-0.25, -0.2) is 5.57 Å². The Labute approximate surface area is 152 Å². The van der Waals surface area contributed by atoms with Crippen LogP contribution in [-0.4, -0.2) is 10.7 Å². The van der Waals surface area contributed by atoms with Crippen LogP contribution in [-0.2, 0) is 24.8 Å². The van der Waals surface area contributed by atoms with E-state index in [0.29, 0.717) is 11.8 Å². The summed E-state index contributed by atoms with van der Waals surface area (Å²) in [5, 5.41) is 0. The number of carbonyl (C=O) groups excluding carboxylic acids is 1. The number of amides is 1.